The molecule has 0 radical (unpaired) electrons. The Morgan fingerprint density at radius 2 is 1.81 bits per heavy atom. The van der Waals surface area contributed by atoms with E-state index in [0.29, 0.717) is 18.2 Å². The molecule has 0 bridgehead atoms. The van der Waals surface area contributed by atoms with E-state index in [0.717, 1.165) is 0 Å². The van der Waals surface area contributed by atoms with E-state index < -0.39 is 36.2 Å². The van der Waals surface area contributed by atoms with E-state index >= 15 is 0 Å². The molecule has 0 unspecified atom stereocenters. The maximum atomic E-state index is 12.9. The molecule has 1 aromatic carbocycles. The van der Waals surface area contributed by atoms with E-state index in [2.05, 4.69) is 0 Å². The van der Waals surface area contributed by atoms with Crippen LogP contribution in [0, 0.1) is 5.82 Å². The molecule has 1 N–H and O–H groups in total. The van der Waals surface area contributed by atoms with Crippen LogP contribution in [0.15, 0.2) is 18.2 Å². The molecule has 0 aromatic heterocycles. The number of hydrogen-bond acceptors (Lipinski definition) is 1. The number of anilines is 1. The molecule has 0 aliphatic rings. The van der Waals surface area contributed by atoms with Crippen LogP contribution in [-0.4, -0.2) is 13.0 Å². The smallest absolute Gasteiger partial charge is 0.377 e. The molecule has 0 heterocycles. The van der Waals surface area contributed by atoms with Crippen LogP contribution in [-0.2, 0) is 6.18 Å². The Hall–Kier alpha value is -1.40. The fourth-order valence-corrected chi connectivity index (χ4v) is 1.02. The van der Waals surface area contributed by atoms with Crippen molar-refractivity contribution in [1.29, 1.82) is 0 Å². The molecule has 0 aliphatic heterocycles. The highest BCUT2D eigenvalue weighted by atomic mass is 19.4. The van der Waals surface area contributed by atoms with Gasteiger partial charge in [0.15, 0.2) is 0 Å². The molecule has 0 fully saturated rings. The Morgan fingerprint density at radius 1 is 1.19 bits per heavy atom. The molecule has 0 atom stereocenters. The normalized spacial score (nSPS) is 11.9. The van der Waals surface area contributed by atoms with Gasteiger partial charge in [-0.05, 0) is 18.2 Å². The Bertz CT molecular complexity index is 360. The van der Waals surface area contributed by atoms with Gasteiger partial charge in [-0.2, -0.15) is 13.2 Å². The zero-order chi connectivity index (χ0) is 12.3. The average Bonchev–Trinajstić information content (AvgIpc) is 2.14. The van der Waals surface area contributed by atoms with E-state index in [1.807, 2.05) is 5.32 Å². The highest BCUT2D eigenvalue weighted by Gasteiger charge is 2.31. The molecule has 16 heavy (non-hydrogen) atoms. The number of benzene rings is 1. The van der Waals surface area contributed by atoms with Gasteiger partial charge in [-0.3, -0.25) is 0 Å². The summed E-state index contributed by atoms with van der Waals surface area (Å²) in [4.78, 5) is 0. The SMILES string of the molecule is Fc1ccc(C(F)(F)F)cc1NCC(F)F. The van der Waals surface area contributed by atoms with Crippen molar-refractivity contribution in [3.8, 4) is 0 Å². The van der Waals surface area contributed by atoms with Crippen molar-refractivity contribution >= 4 is 5.69 Å². The van der Waals surface area contributed by atoms with Crippen LogP contribution in [0.2, 0.25) is 0 Å². The third-order valence-corrected chi connectivity index (χ3v) is 1.74. The summed E-state index contributed by atoms with van der Waals surface area (Å²) >= 11 is 0. The number of rotatable bonds is 3. The number of alkyl halides is 5. The second-order valence-electron chi connectivity index (χ2n) is 2.96. The molecule has 0 aliphatic carbocycles. The Morgan fingerprint density at radius 3 is 2.31 bits per heavy atom. The van der Waals surface area contributed by atoms with Gasteiger partial charge < -0.3 is 5.32 Å². The first-order chi connectivity index (χ1) is 7.30. The fourth-order valence-electron chi connectivity index (χ4n) is 1.02. The molecule has 0 saturated carbocycles. The largest absolute Gasteiger partial charge is 0.416 e. The lowest BCUT2D eigenvalue weighted by molar-refractivity contribution is -0.137. The molecule has 1 rings (SSSR count). The second-order valence-corrected chi connectivity index (χ2v) is 2.96. The number of halogens is 6. The maximum Gasteiger partial charge on any atom is 0.416 e. The molecular formula is C9H7F6N. The minimum absolute atomic E-state index is 0.456. The van der Waals surface area contributed by atoms with E-state index in [-0.39, 0.29) is 0 Å². The molecule has 90 valence electrons. The van der Waals surface area contributed by atoms with Crippen LogP contribution in [0.25, 0.3) is 0 Å². The summed E-state index contributed by atoms with van der Waals surface area (Å²) in [6.07, 6.45) is -7.40. The molecule has 0 spiro atoms. The highest BCUT2D eigenvalue weighted by molar-refractivity contribution is 5.48. The summed E-state index contributed by atoms with van der Waals surface area (Å²) in [7, 11) is 0. The van der Waals surface area contributed by atoms with Crippen LogP contribution < -0.4 is 5.32 Å². The monoisotopic (exact) mass is 243 g/mol. The minimum atomic E-state index is -4.63. The van der Waals surface area contributed by atoms with Gasteiger partial charge in [-0.25, -0.2) is 13.2 Å². The van der Waals surface area contributed by atoms with Gasteiger partial charge >= 0.3 is 6.18 Å². The first kappa shape index (κ1) is 12.7. The summed E-state index contributed by atoms with van der Waals surface area (Å²) in [6, 6.07) is 1.58. The van der Waals surface area contributed by atoms with Crippen molar-refractivity contribution in [1.82, 2.24) is 0 Å². The molecule has 0 saturated heterocycles. The van der Waals surface area contributed by atoms with Gasteiger partial charge in [0.05, 0.1) is 17.8 Å². The van der Waals surface area contributed by atoms with Crippen molar-refractivity contribution in [3.05, 3.63) is 29.6 Å². The summed E-state index contributed by atoms with van der Waals surface area (Å²) in [5, 5.41) is 1.90. The second kappa shape index (κ2) is 4.63. The predicted octanol–water partition coefficient (Wildman–Crippen LogP) is 3.52. The summed E-state index contributed by atoms with van der Waals surface area (Å²) in [5.41, 5.74) is -1.68. The standard InChI is InChI=1S/C9H7F6N/c10-6-2-1-5(9(13,14)15)3-7(6)16-4-8(11)12/h1-3,8,16H,4H2. The first-order valence-corrected chi connectivity index (χ1v) is 4.19. The van der Waals surface area contributed by atoms with E-state index in [1.54, 1.807) is 0 Å². The minimum Gasteiger partial charge on any atom is -0.377 e. The zero-order valence-corrected chi connectivity index (χ0v) is 7.78. The van der Waals surface area contributed by atoms with Crippen molar-refractivity contribution in [2.45, 2.75) is 12.6 Å². The predicted molar refractivity (Wildman–Crippen MR) is 45.9 cm³/mol. The van der Waals surface area contributed by atoms with Crippen molar-refractivity contribution in [2.24, 2.45) is 0 Å². The van der Waals surface area contributed by atoms with Gasteiger partial charge in [-0.15, -0.1) is 0 Å². The number of hydrogen-bond donors (Lipinski definition) is 1. The highest BCUT2D eigenvalue weighted by Crippen LogP contribution is 2.31. The van der Waals surface area contributed by atoms with E-state index in [9.17, 15) is 26.3 Å². The third kappa shape index (κ3) is 3.32. The Balaban J connectivity index is 2.91. The van der Waals surface area contributed by atoms with Gasteiger partial charge in [-0.1, -0.05) is 0 Å². The van der Waals surface area contributed by atoms with Gasteiger partial charge in [0.2, 0.25) is 0 Å². The quantitative estimate of drug-likeness (QED) is 0.801. The van der Waals surface area contributed by atoms with Crippen LogP contribution >= 0.6 is 0 Å². The fraction of sp³-hybridized carbons (Fsp3) is 0.333. The van der Waals surface area contributed by atoms with Crippen LogP contribution in [0.3, 0.4) is 0 Å². The number of nitrogens with one attached hydrogen (secondary N) is 1. The van der Waals surface area contributed by atoms with Crippen molar-refractivity contribution < 1.29 is 26.3 Å². The Labute approximate surface area is 87.1 Å². The van der Waals surface area contributed by atoms with Crippen LogP contribution in [0.1, 0.15) is 5.56 Å². The summed E-state index contributed by atoms with van der Waals surface area (Å²) in [6.45, 7) is -0.905. The van der Waals surface area contributed by atoms with Crippen LogP contribution in [0.5, 0.6) is 0 Å². The topological polar surface area (TPSA) is 12.0 Å². The molecular weight excluding hydrogens is 236 g/mol. The molecule has 1 nitrogen and oxygen atoms in total. The van der Waals surface area contributed by atoms with E-state index in [1.165, 1.54) is 0 Å². The summed E-state index contributed by atoms with van der Waals surface area (Å²) in [5.74, 6) is -1.01. The maximum absolute atomic E-state index is 12.9. The first-order valence-electron chi connectivity index (χ1n) is 4.19. The molecule has 0 amide bonds. The van der Waals surface area contributed by atoms with E-state index in [4.69, 9.17) is 0 Å². The third-order valence-electron chi connectivity index (χ3n) is 1.74. The lowest BCUT2D eigenvalue weighted by Crippen LogP contribution is -2.13. The van der Waals surface area contributed by atoms with Gasteiger partial charge in [0.25, 0.3) is 6.43 Å². The lowest BCUT2D eigenvalue weighted by Gasteiger charge is -2.11. The average molecular weight is 243 g/mol. The lowest BCUT2D eigenvalue weighted by atomic mass is 10.2. The summed E-state index contributed by atoms with van der Waals surface area (Å²) < 4.78 is 73.1. The van der Waals surface area contributed by atoms with Gasteiger partial charge in [0, 0.05) is 0 Å². The molecule has 1 aromatic rings. The van der Waals surface area contributed by atoms with Gasteiger partial charge in [0.1, 0.15) is 5.82 Å². The zero-order valence-electron chi connectivity index (χ0n) is 7.78. The molecule has 7 heteroatoms. The van der Waals surface area contributed by atoms with Crippen molar-refractivity contribution in [2.75, 3.05) is 11.9 Å². The Kier molecular flexibility index (Phi) is 3.66. The van der Waals surface area contributed by atoms with Crippen molar-refractivity contribution in [3.63, 3.8) is 0 Å². The van der Waals surface area contributed by atoms with Crippen LogP contribution in [0.4, 0.5) is 32.0 Å².